The highest BCUT2D eigenvalue weighted by Gasteiger charge is 2.28. The standard InChI is InChI=1S/C27H21P/c1-4-14-24(15-5-1)28(25-16-6-2-7-17-25,26-18-8-3-9-19-26)27-20-22-12-10-11-13-23(22)21-27/h1-21H. The van der Waals surface area contributed by atoms with Crippen molar-refractivity contribution in [3.63, 3.8) is 0 Å². The average molecular weight is 376 g/mol. The Morgan fingerprint density at radius 2 is 0.679 bits per heavy atom. The van der Waals surface area contributed by atoms with Crippen molar-refractivity contribution < 1.29 is 0 Å². The van der Waals surface area contributed by atoms with Crippen molar-refractivity contribution in [3.8, 4) is 0 Å². The van der Waals surface area contributed by atoms with E-state index < -0.39 is 6.89 Å². The van der Waals surface area contributed by atoms with E-state index in [-0.39, 0.29) is 0 Å². The molecule has 134 valence electrons. The maximum atomic E-state index is 2.40. The van der Waals surface area contributed by atoms with E-state index in [1.807, 2.05) is 0 Å². The lowest BCUT2D eigenvalue weighted by Gasteiger charge is -2.30. The van der Waals surface area contributed by atoms with E-state index in [2.05, 4.69) is 127 Å². The van der Waals surface area contributed by atoms with Gasteiger partial charge in [-0.25, -0.2) is 0 Å². The van der Waals surface area contributed by atoms with E-state index in [4.69, 9.17) is 0 Å². The van der Waals surface area contributed by atoms with Gasteiger partial charge in [0.2, 0.25) is 0 Å². The van der Waals surface area contributed by atoms with Crippen molar-refractivity contribution >= 4 is 40.2 Å². The van der Waals surface area contributed by atoms with E-state index in [1.54, 1.807) is 0 Å². The first-order chi connectivity index (χ1) is 13.9. The van der Waals surface area contributed by atoms with Gasteiger partial charge in [0, 0.05) is 0 Å². The van der Waals surface area contributed by atoms with Gasteiger partial charge in [0.1, 0.15) is 0 Å². The molecule has 4 aromatic rings. The molecule has 0 aliphatic heterocycles. The second-order valence-corrected chi connectivity index (χ2v) is 10.4. The van der Waals surface area contributed by atoms with Gasteiger partial charge in [-0.05, 0) is 50.7 Å². The molecule has 0 amide bonds. The van der Waals surface area contributed by atoms with Gasteiger partial charge in [-0.2, -0.15) is 0 Å². The molecule has 0 bridgehead atoms. The molecule has 0 saturated heterocycles. The molecule has 1 aliphatic carbocycles. The summed E-state index contributed by atoms with van der Waals surface area (Å²) in [5.41, 5.74) is 0. The Hall–Kier alpha value is -3.08. The summed E-state index contributed by atoms with van der Waals surface area (Å²) in [6.45, 7) is -1.98. The smallest absolute Gasteiger partial charge is 0.0143 e. The van der Waals surface area contributed by atoms with Crippen LogP contribution in [-0.4, -0.2) is 5.29 Å². The van der Waals surface area contributed by atoms with E-state index in [0.29, 0.717) is 0 Å². The molecule has 1 aliphatic rings. The van der Waals surface area contributed by atoms with Crippen LogP contribution in [0, 0.1) is 0 Å². The van der Waals surface area contributed by atoms with E-state index in [0.717, 1.165) is 0 Å². The van der Waals surface area contributed by atoms with Crippen LogP contribution in [0.1, 0.15) is 0 Å². The molecule has 5 rings (SSSR count). The zero-order valence-corrected chi connectivity index (χ0v) is 16.5. The fourth-order valence-electron chi connectivity index (χ4n) is 4.18. The Labute approximate surface area is 166 Å². The molecule has 0 unspecified atom stereocenters. The highest BCUT2D eigenvalue weighted by atomic mass is 31.2. The lowest BCUT2D eigenvalue weighted by Crippen LogP contribution is -2.29. The molecule has 0 aromatic heterocycles. The van der Waals surface area contributed by atoms with Gasteiger partial charge in [0.25, 0.3) is 0 Å². The predicted molar refractivity (Wildman–Crippen MR) is 125 cm³/mol. The van der Waals surface area contributed by atoms with Crippen molar-refractivity contribution in [1.82, 2.24) is 0 Å². The van der Waals surface area contributed by atoms with Crippen LogP contribution in [-0.2, 0) is 0 Å². The summed E-state index contributed by atoms with van der Waals surface area (Å²) in [7, 11) is 0. The molecule has 0 saturated carbocycles. The normalized spacial score (nSPS) is 12.8. The van der Waals surface area contributed by atoms with Crippen LogP contribution in [0.3, 0.4) is 0 Å². The lowest BCUT2D eigenvalue weighted by molar-refractivity contribution is 1.55. The topological polar surface area (TPSA) is 0 Å². The largest absolute Gasteiger partial charge is 0.0622 e. The second kappa shape index (κ2) is 7.15. The Morgan fingerprint density at radius 1 is 0.357 bits per heavy atom. The van der Waals surface area contributed by atoms with Crippen LogP contribution < -0.4 is 26.4 Å². The maximum Gasteiger partial charge on any atom is -0.0143 e. The molecule has 28 heavy (non-hydrogen) atoms. The first-order valence-corrected chi connectivity index (χ1v) is 11.4. The third-order valence-electron chi connectivity index (χ3n) is 5.42. The molecular formula is C27H21P. The number of benzene rings is 4. The van der Waals surface area contributed by atoms with Crippen LogP contribution in [0.4, 0.5) is 0 Å². The van der Waals surface area contributed by atoms with E-state index in [9.17, 15) is 0 Å². The molecule has 0 nitrogen and oxygen atoms in total. The summed E-state index contributed by atoms with van der Waals surface area (Å²) >= 11 is 0. The molecule has 4 aromatic carbocycles. The molecular weight excluding hydrogens is 355 g/mol. The van der Waals surface area contributed by atoms with Crippen LogP contribution in [0.15, 0.2) is 115 Å². The Balaban J connectivity index is 2.02. The van der Waals surface area contributed by atoms with Gasteiger partial charge in [-0.1, -0.05) is 115 Å². The minimum Gasteiger partial charge on any atom is -0.0622 e. The highest BCUT2D eigenvalue weighted by Crippen LogP contribution is 2.47. The fraction of sp³-hybridized carbons (Fsp3) is 0. The quantitative estimate of drug-likeness (QED) is 0.481. The van der Waals surface area contributed by atoms with Crippen molar-refractivity contribution in [1.29, 1.82) is 0 Å². The first kappa shape index (κ1) is 17.0. The summed E-state index contributed by atoms with van der Waals surface area (Å²) in [6.07, 6.45) is 4.80. The number of hydrogen-bond donors (Lipinski definition) is 0. The Kier molecular flexibility index (Phi) is 4.35. The van der Waals surface area contributed by atoms with E-state index >= 15 is 0 Å². The fourth-order valence-corrected chi connectivity index (χ4v) is 8.49. The van der Waals surface area contributed by atoms with Crippen LogP contribution >= 0.6 is 6.89 Å². The van der Waals surface area contributed by atoms with Gasteiger partial charge in [0.05, 0.1) is 0 Å². The van der Waals surface area contributed by atoms with Gasteiger partial charge >= 0.3 is 0 Å². The third kappa shape index (κ3) is 2.70. The number of hydrogen-bond acceptors (Lipinski definition) is 0. The van der Waals surface area contributed by atoms with Crippen molar-refractivity contribution in [2.24, 2.45) is 0 Å². The summed E-state index contributed by atoms with van der Waals surface area (Å²) in [5.74, 6) is 0. The molecule has 0 spiro atoms. The van der Waals surface area contributed by atoms with Crippen molar-refractivity contribution in [2.75, 3.05) is 0 Å². The van der Waals surface area contributed by atoms with Gasteiger partial charge in [-0.15, -0.1) is 0 Å². The third-order valence-corrected chi connectivity index (χ3v) is 9.67. The van der Waals surface area contributed by atoms with Crippen LogP contribution in [0.25, 0.3) is 12.2 Å². The summed E-state index contributed by atoms with van der Waals surface area (Å²) < 4.78 is 0. The van der Waals surface area contributed by atoms with Gasteiger partial charge in [0.15, 0.2) is 0 Å². The zero-order chi connectivity index (χ0) is 18.8. The molecule has 0 radical (unpaired) electrons. The lowest BCUT2D eigenvalue weighted by atomic mass is 10.3. The number of rotatable bonds is 3. The minimum atomic E-state index is -1.98. The minimum absolute atomic E-state index is 1.31. The predicted octanol–water partition coefficient (Wildman–Crippen LogP) is 3.43. The zero-order valence-electron chi connectivity index (χ0n) is 15.6. The first-order valence-electron chi connectivity index (χ1n) is 9.61. The summed E-state index contributed by atoms with van der Waals surface area (Å²) in [4.78, 5) is 0. The van der Waals surface area contributed by atoms with Crippen LogP contribution in [0.2, 0.25) is 0 Å². The highest BCUT2D eigenvalue weighted by molar-refractivity contribution is 7.96. The van der Waals surface area contributed by atoms with Gasteiger partial charge < -0.3 is 0 Å². The monoisotopic (exact) mass is 376 g/mol. The second-order valence-electron chi connectivity index (χ2n) is 7.02. The number of fused-ring (bicyclic) bond motifs is 1. The summed E-state index contributed by atoms with van der Waals surface area (Å²) in [5, 5.41) is 8.21. The summed E-state index contributed by atoms with van der Waals surface area (Å²) in [6, 6.07) is 41.8. The van der Waals surface area contributed by atoms with Crippen LogP contribution in [0.5, 0.6) is 0 Å². The SMILES string of the molecule is C1=c2ccccc2=CC1=P(c1ccccc1)(c1ccccc1)c1ccccc1. The van der Waals surface area contributed by atoms with Crippen molar-refractivity contribution in [2.45, 2.75) is 0 Å². The molecule has 0 fully saturated rings. The molecule has 0 N–H and O–H groups in total. The molecule has 0 heterocycles. The maximum absolute atomic E-state index is 2.40. The Morgan fingerprint density at radius 3 is 1.04 bits per heavy atom. The van der Waals surface area contributed by atoms with Gasteiger partial charge in [-0.3, -0.25) is 0 Å². The Bertz CT molecular complexity index is 1140. The van der Waals surface area contributed by atoms with Crippen molar-refractivity contribution in [3.05, 3.63) is 126 Å². The molecule has 0 atom stereocenters. The van der Waals surface area contributed by atoms with E-state index in [1.165, 1.54) is 31.6 Å². The molecule has 1 heteroatoms. The average Bonchev–Trinajstić information content (AvgIpc) is 3.21.